The largest absolute Gasteiger partial charge is 0.483 e. The first-order valence-corrected chi connectivity index (χ1v) is 14.7. The Kier molecular flexibility index (Phi) is 9.55. The highest BCUT2D eigenvalue weighted by Gasteiger charge is 2.10. The summed E-state index contributed by atoms with van der Waals surface area (Å²) in [6.45, 7) is 1.74. The topological polar surface area (TPSA) is 105 Å². The third kappa shape index (κ3) is 8.12. The number of benzene rings is 4. The van der Waals surface area contributed by atoms with Gasteiger partial charge in [0, 0.05) is 22.2 Å². The van der Waals surface area contributed by atoms with E-state index >= 15 is 0 Å². The summed E-state index contributed by atoms with van der Waals surface area (Å²) in [6.07, 6.45) is 1.49. The van der Waals surface area contributed by atoms with Gasteiger partial charge in [0.05, 0.1) is 22.1 Å². The van der Waals surface area contributed by atoms with Gasteiger partial charge in [-0.15, -0.1) is 11.3 Å². The van der Waals surface area contributed by atoms with Crippen molar-refractivity contribution in [2.75, 3.05) is 17.2 Å². The van der Waals surface area contributed by atoms with Crippen LogP contribution in [0, 0.1) is 12.7 Å². The molecule has 3 N–H and O–H groups in total. The second-order valence-electron chi connectivity index (χ2n) is 9.31. The van der Waals surface area contributed by atoms with E-state index in [0.29, 0.717) is 21.3 Å². The lowest BCUT2D eigenvalue weighted by Gasteiger charge is -2.10. The van der Waals surface area contributed by atoms with Gasteiger partial charge in [0.25, 0.3) is 11.8 Å². The van der Waals surface area contributed by atoms with Gasteiger partial charge in [-0.3, -0.25) is 9.59 Å². The molecule has 0 fully saturated rings. The van der Waals surface area contributed by atoms with E-state index in [1.165, 1.54) is 41.3 Å². The standard InChI is InChI=1S/C32H25BrFN5O3S/c1-20-6-13-24(14-7-20)36-32-38-28(19-43-32)22-9-11-23(12-10-22)31(41)39-35-17-21-8-15-29(25(33)16-21)42-18-30(40)37-27-5-3-2-4-26(27)34/h2-17,19H,18H2,1H3,(H,36,38)(H,37,40)(H,39,41)/b35-17+. The van der Waals surface area contributed by atoms with Crippen molar-refractivity contribution in [2.24, 2.45) is 5.10 Å². The predicted molar refractivity (Wildman–Crippen MR) is 172 cm³/mol. The van der Waals surface area contributed by atoms with Crippen LogP contribution in [-0.2, 0) is 4.79 Å². The number of hydrazone groups is 1. The maximum atomic E-state index is 13.7. The number of carbonyl (C=O) groups excluding carboxylic acids is 2. The van der Waals surface area contributed by atoms with Crippen molar-refractivity contribution < 1.29 is 18.7 Å². The van der Waals surface area contributed by atoms with E-state index in [4.69, 9.17) is 4.74 Å². The number of nitrogens with one attached hydrogen (secondary N) is 3. The van der Waals surface area contributed by atoms with Gasteiger partial charge in [-0.05, 0) is 83.0 Å². The summed E-state index contributed by atoms with van der Waals surface area (Å²) in [6, 6.07) is 26.2. The van der Waals surface area contributed by atoms with Crippen molar-refractivity contribution in [3.05, 3.63) is 123 Å². The molecule has 0 saturated heterocycles. The minimum atomic E-state index is -0.526. The van der Waals surface area contributed by atoms with Gasteiger partial charge in [-0.25, -0.2) is 14.8 Å². The fourth-order valence-corrected chi connectivity index (χ4v) is 5.10. The Bertz CT molecular complexity index is 1780. The van der Waals surface area contributed by atoms with Crippen LogP contribution in [0.5, 0.6) is 5.75 Å². The monoisotopic (exact) mass is 657 g/mol. The Morgan fingerprint density at radius 1 is 1.02 bits per heavy atom. The van der Waals surface area contributed by atoms with Crippen LogP contribution in [0.25, 0.3) is 11.3 Å². The fourth-order valence-electron chi connectivity index (χ4n) is 3.85. The molecule has 0 aliphatic carbocycles. The molecule has 0 spiro atoms. The molecule has 0 unspecified atom stereocenters. The molecule has 4 aromatic carbocycles. The van der Waals surface area contributed by atoms with E-state index in [9.17, 15) is 14.0 Å². The highest BCUT2D eigenvalue weighted by molar-refractivity contribution is 9.10. The Balaban J connectivity index is 1.11. The summed E-state index contributed by atoms with van der Waals surface area (Å²) < 4.78 is 19.8. The molecule has 5 aromatic rings. The molecule has 2 amide bonds. The van der Waals surface area contributed by atoms with E-state index in [1.54, 1.807) is 36.4 Å². The summed E-state index contributed by atoms with van der Waals surface area (Å²) in [4.78, 5) is 29.4. The highest BCUT2D eigenvalue weighted by atomic mass is 79.9. The van der Waals surface area contributed by atoms with Crippen LogP contribution in [0.2, 0.25) is 0 Å². The average Bonchev–Trinajstić information content (AvgIpc) is 3.47. The zero-order valence-corrected chi connectivity index (χ0v) is 25.2. The van der Waals surface area contributed by atoms with Gasteiger partial charge in [0.15, 0.2) is 11.7 Å². The molecule has 43 heavy (non-hydrogen) atoms. The minimum Gasteiger partial charge on any atom is -0.483 e. The van der Waals surface area contributed by atoms with Crippen LogP contribution in [0.3, 0.4) is 0 Å². The minimum absolute atomic E-state index is 0.0832. The first-order chi connectivity index (χ1) is 20.8. The number of para-hydroxylation sites is 1. The average molecular weight is 659 g/mol. The van der Waals surface area contributed by atoms with Gasteiger partial charge < -0.3 is 15.4 Å². The van der Waals surface area contributed by atoms with E-state index < -0.39 is 11.7 Å². The number of aromatic nitrogens is 1. The molecule has 0 bridgehead atoms. The Morgan fingerprint density at radius 3 is 2.53 bits per heavy atom. The van der Waals surface area contributed by atoms with Crippen molar-refractivity contribution >= 4 is 61.8 Å². The third-order valence-electron chi connectivity index (χ3n) is 6.09. The number of nitrogens with zero attached hydrogens (tertiary/aromatic N) is 2. The van der Waals surface area contributed by atoms with Crippen LogP contribution in [-0.4, -0.2) is 29.6 Å². The molecular weight excluding hydrogens is 633 g/mol. The van der Waals surface area contributed by atoms with E-state index in [1.807, 2.05) is 48.7 Å². The van der Waals surface area contributed by atoms with Gasteiger partial charge >= 0.3 is 0 Å². The third-order valence-corrected chi connectivity index (χ3v) is 7.47. The van der Waals surface area contributed by atoms with Crippen molar-refractivity contribution in [3.63, 3.8) is 0 Å². The maximum Gasteiger partial charge on any atom is 0.271 e. The summed E-state index contributed by atoms with van der Waals surface area (Å²) >= 11 is 4.91. The number of carbonyl (C=O) groups is 2. The van der Waals surface area contributed by atoms with E-state index in [-0.39, 0.29) is 18.2 Å². The van der Waals surface area contributed by atoms with Gasteiger partial charge in [-0.2, -0.15) is 5.10 Å². The maximum absolute atomic E-state index is 13.7. The number of halogens is 2. The predicted octanol–water partition coefficient (Wildman–Crippen LogP) is 7.55. The second-order valence-corrected chi connectivity index (χ2v) is 11.0. The highest BCUT2D eigenvalue weighted by Crippen LogP contribution is 2.28. The Hall–Kier alpha value is -4.87. The number of aryl methyl sites for hydroxylation is 1. The van der Waals surface area contributed by atoms with Crippen LogP contribution >= 0.6 is 27.3 Å². The molecule has 0 aliphatic heterocycles. The molecule has 11 heteroatoms. The quantitative estimate of drug-likeness (QED) is 0.106. The molecule has 8 nitrogen and oxygen atoms in total. The normalized spacial score (nSPS) is 10.9. The summed E-state index contributed by atoms with van der Waals surface area (Å²) in [7, 11) is 0. The molecule has 0 aliphatic rings. The smallest absolute Gasteiger partial charge is 0.271 e. The molecule has 5 rings (SSSR count). The lowest BCUT2D eigenvalue weighted by molar-refractivity contribution is -0.118. The van der Waals surface area contributed by atoms with Crippen molar-refractivity contribution in [3.8, 4) is 17.0 Å². The molecule has 1 aromatic heterocycles. The number of amides is 2. The number of thiazole rings is 1. The zero-order valence-electron chi connectivity index (χ0n) is 22.8. The number of rotatable bonds is 10. The van der Waals surface area contributed by atoms with Crippen molar-refractivity contribution in [2.45, 2.75) is 6.92 Å². The Morgan fingerprint density at radius 2 is 1.79 bits per heavy atom. The molecule has 216 valence electrons. The first-order valence-electron chi connectivity index (χ1n) is 13.0. The number of hydrogen-bond donors (Lipinski definition) is 3. The lowest BCUT2D eigenvalue weighted by atomic mass is 10.1. The van der Waals surface area contributed by atoms with Crippen molar-refractivity contribution in [1.82, 2.24) is 10.4 Å². The van der Waals surface area contributed by atoms with E-state index in [0.717, 1.165) is 22.1 Å². The molecule has 0 radical (unpaired) electrons. The van der Waals surface area contributed by atoms with Gasteiger partial charge in [0.1, 0.15) is 11.6 Å². The van der Waals surface area contributed by atoms with Crippen LogP contribution in [0.4, 0.5) is 20.9 Å². The number of anilines is 3. The second kappa shape index (κ2) is 13.9. The van der Waals surface area contributed by atoms with Crippen LogP contribution in [0.15, 0.2) is 106 Å². The zero-order chi connectivity index (χ0) is 30.2. The Labute approximate surface area is 259 Å². The number of ether oxygens (including phenoxy) is 1. The van der Waals surface area contributed by atoms with Crippen LogP contribution < -0.4 is 20.8 Å². The van der Waals surface area contributed by atoms with Gasteiger partial charge in [-0.1, -0.05) is 42.0 Å². The summed E-state index contributed by atoms with van der Waals surface area (Å²) in [5.41, 5.74) is 7.61. The first kappa shape index (κ1) is 29.6. The van der Waals surface area contributed by atoms with Crippen molar-refractivity contribution in [1.29, 1.82) is 0 Å². The summed E-state index contributed by atoms with van der Waals surface area (Å²) in [5.74, 6) is -0.961. The number of hydrogen-bond acceptors (Lipinski definition) is 7. The molecule has 0 atom stereocenters. The van der Waals surface area contributed by atoms with E-state index in [2.05, 4.69) is 42.1 Å². The SMILES string of the molecule is Cc1ccc(Nc2nc(-c3ccc(C(=O)N/N=C/c4ccc(OCC(=O)Nc5ccccc5F)c(Br)c4)cc3)cs2)cc1. The van der Waals surface area contributed by atoms with Gasteiger partial charge in [0.2, 0.25) is 0 Å². The molecular formula is C32H25BrFN5O3S. The lowest BCUT2D eigenvalue weighted by Crippen LogP contribution is -2.20. The summed E-state index contributed by atoms with van der Waals surface area (Å²) in [5, 5.41) is 12.6. The van der Waals surface area contributed by atoms with Crippen LogP contribution in [0.1, 0.15) is 21.5 Å². The fraction of sp³-hybridized carbons (Fsp3) is 0.0625. The molecule has 0 saturated carbocycles. The molecule has 1 heterocycles.